The molecule has 0 fully saturated rings. The Morgan fingerprint density at radius 3 is 2.66 bits per heavy atom. The summed E-state index contributed by atoms with van der Waals surface area (Å²) in [7, 11) is 0. The van der Waals surface area contributed by atoms with Crippen molar-refractivity contribution in [2.45, 2.75) is 19.3 Å². The molecule has 12 heteroatoms. The highest BCUT2D eigenvalue weighted by atomic mass is 32.1. The Kier molecular flexibility index (Phi) is 6.23. The summed E-state index contributed by atoms with van der Waals surface area (Å²) in [5, 5.41) is 5.99. The number of hydrazone groups is 1. The molecular weight excluding hydrogens is 500 g/mol. The molecule has 4 aromatic heterocycles. The molecule has 7 rings (SSSR count). The number of nitrogens with two attached hydrogens (primary N) is 2. The van der Waals surface area contributed by atoms with Gasteiger partial charge < -0.3 is 11.5 Å². The molecule has 190 valence electrons. The van der Waals surface area contributed by atoms with Crippen molar-refractivity contribution in [1.29, 1.82) is 0 Å². The van der Waals surface area contributed by atoms with Gasteiger partial charge in [0, 0.05) is 24.3 Å². The van der Waals surface area contributed by atoms with Gasteiger partial charge in [-0.2, -0.15) is 10.2 Å². The number of pyridine rings is 2. The lowest BCUT2D eigenvalue weighted by molar-refractivity contribution is 0.100. The van der Waals surface area contributed by atoms with E-state index in [4.69, 9.17) is 21.4 Å². The third-order valence-electron chi connectivity index (χ3n) is 6.34. The lowest BCUT2D eigenvalue weighted by Crippen LogP contribution is -2.29. The summed E-state index contributed by atoms with van der Waals surface area (Å²) >= 11 is 1.11. The van der Waals surface area contributed by atoms with Gasteiger partial charge in [0.1, 0.15) is 16.2 Å². The number of aromatic nitrogens is 5. The average molecular weight is 525 g/mol. The maximum absolute atomic E-state index is 10.3. The smallest absolute Gasteiger partial charge is 0.260 e. The Morgan fingerprint density at radius 1 is 1.03 bits per heavy atom. The first kappa shape index (κ1) is 23.7. The molecule has 0 unspecified atom stereocenters. The second-order valence-corrected chi connectivity index (χ2v) is 9.57. The molecule has 0 bridgehead atoms. The standard InChI is InChI=1S/C22H20N8.C4H4N2OS/c23-20-17(5-2-10-24-20)21-27-18-8-9-19(30-25-11-12-26-30)28-22(18)29(21)16-7-6-14-3-1-4-15(14)13-16;5-4(7)3-1-2-6-8-3/h2,5-11,13,26H,1,3-4,12H2,(H2,23,24);1-2H,(H2,5,7). The third-order valence-corrected chi connectivity index (χ3v) is 7.10. The number of imidazole rings is 1. The van der Waals surface area contributed by atoms with Crippen LogP contribution in [-0.4, -0.2) is 42.6 Å². The van der Waals surface area contributed by atoms with E-state index in [0.29, 0.717) is 23.1 Å². The summed E-state index contributed by atoms with van der Waals surface area (Å²) in [6, 6.07) is 15.9. The van der Waals surface area contributed by atoms with Gasteiger partial charge in [0.2, 0.25) is 0 Å². The van der Waals surface area contributed by atoms with Crippen LogP contribution in [-0.2, 0) is 12.8 Å². The molecule has 1 amide bonds. The first-order chi connectivity index (χ1) is 18.6. The molecule has 1 aromatic carbocycles. The zero-order valence-electron chi connectivity index (χ0n) is 20.3. The molecule has 2 aliphatic rings. The number of amides is 1. The molecule has 5 aromatic rings. The van der Waals surface area contributed by atoms with Crippen molar-refractivity contribution in [2.24, 2.45) is 10.8 Å². The van der Waals surface area contributed by atoms with Crippen LogP contribution in [0.5, 0.6) is 0 Å². The van der Waals surface area contributed by atoms with Crippen molar-refractivity contribution in [3.63, 3.8) is 0 Å². The van der Waals surface area contributed by atoms with Gasteiger partial charge in [0.15, 0.2) is 17.3 Å². The number of rotatable bonds is 4. The lowest BCUT2D eigenvalue weighted by atomic mass is 10.1. The van der Waals surface area contributed by atoms with E-state index in [0.717, 1.165) is 52.6 Å². The minimum atomic E-state index is -0.410. The topological polar surface area (TPSA) is 153 Å². The van der Waals surface area contributed by atoms with E-state index < -0.39 is 5.91 Å². The van der Waals surface area contributed by atoms with Crippen molar-refractivity contribution >= 4 is 46.5 Å². The number of anilines is 2. The quantitative estimate of drug-likeness (QED) is 0.324. The van der Waals surface area contributed by atoms with E-state index in [1.165, 1.54) is 17.5 Å². The normalized spacial score (nSPS) is 13.9. The number of hydrogen-bond acceptors (Lipinski definition) is 10. The van der Waals surface area contributed by atoms with Crippen molar-refractivity contribution in [2.75, 3.05) is 17.4 Å². The van der Waals surface area contributed by atoms with E-state index in [1.807, 2.05) is 30.5 Å². The molecule has 0 saturated carbocycles. The third kappa shape index (κ3) is 4.46. The molecular formula is C26H24N10OS. The minimum Gasteiger partial charge on any atom is -0.383 e. The first-order valence-electron chi connectivity index (χ1n) is 12.1. The fourth-order valence-corrected chi connectivity index (χ4v) is 5.02. The van der Waals surface area contributed by atoms with Crippen molar-refractivity contribution < 1.29 is 4.79 Å². The van der Waals surface area contributed by atoms with Crippen LogP contribution in [0.4, 0.5) is 11.6 Å². The molecule has 1 aliphatic heterocycles. The maximum Gasteiger partial charge on any atom is 0.260 e. The van der Waals surface area contributed by atoms with E-state index in [2.05, 4.69) is 42.7 Å². The van der Waals surface area contributed by atoms with Crippen LogP contribution in [0.15, 0.2) is 66.0 Å². The highest BCUT2D eigenvalue weighted by molar-refractivity contribution is 7.08. The van der Waals surface area contributed by atoms with Gasteiger partial charge in [-0.05, 0) is 84.4 Å². The van der Waals surface area contributed by atoms with Gasteiger partial charge in [-0.25, -0.2) is 24.8 Å². The van der Waals surface area contributed by atoms with E-state index in [1.54, 1.807) is 23.6 Å². The van der Waals surface area contributed by atoms with Crippen LogP contribution in [0.25, 0.3) is 28.2 Å². The molecule has 0 radical (unpaired) electrons. The Balaban J connectivity index is 0.000000285. The summed E-state index contributed by atoms with van der Waals surface area (Å²) in [6.45, 7) is 0.682. The van der Waals surface area contributed by atoms with Crippen LogP contribution in [0, 0.1) is 0 Å². The number of nitrogens with zero attached hydrogens (tertiary/aromatic N) is 7. The van der Waals surface area contributed by atoms with Gasteiger partial charge in [0.05, 0.1) is 12.1 Å². The van der Waals surface area contributed by atoms with Crippen LogP contribution in [0.1, 0.15) is 27.2 Å². The van der Waals surface area contributed by atoms with E-state index in [-0.39, 0.29) is 0 Å². The number of nitrogens with one attached hydrogen (secondary N) is 1. The summed E-state index contributed by atoms with van der Waals surface area (Å²) in [6.07, 6.45) is 8.49. The molecule has 0 spiro atoms. The number of carbonyl (C=O) groups excluding carboxylic acids is 1. The fraction of sp³-hybridized carbons (Fsp3) is 0.154. The number of carbonyl (C=O) groups is 1. The predicted molar refractivity (Wildman–Crippen MR) is 148 cm³/mol. The molecule has 11 nitrogen and oxygen atoms in total. The van der Waals surface area contributed by atoms with Crippen molar-refractivity contribution in [1.82, 2.24) is 29.3 Å². The van der Waals surface area contributed by atoms with Gasteiger partial charge in [-0.15, -0.1) is 0 Å². The molecule has 5 N–H and O–H groups in total. The van der Waals surface area contributed by atoms with Gasteiger partial charge >= 0.3 is 0 Å². The Bertz CT molecular complexity index is 1660. The predicted octanol–water partition coefficient (Wildman–Crippen LogP) is 3.11. The molecule has 0 atom stereocenters. The number of fused-ring (bicyclic) bond motifs is 2. The number of aryl methyl sites for hydroxylation is 2. The highest BCUT2D eigenvalue weighted by Crippen LogP contribution is 2.33. The summed E-state index contributed by atoms with van der Waals surface area (Å²) in [5.41, 5.74) is 20.5. The molecule has 1 aliphatic carbocycles. The zero-order valence-corrected chi connectivity index (χ0v) is 21.1. The summed E-state index contributed by atoms with van der Waals surface area (Å²) in [5.74, 6) is 1.48. The van der Waals surface area contributed by atoms with E-state index in [9.17, 15) is 4.79 Å². The van der Waals surface area contributed by atoms with Crippen LogP contribution >= 0.6 is 11.5 Å². The fourth-order valence-electron chi connectivity index (χ4n) is 4.57. The highest BCUT2D eigenvalue weighted by Gasteiger charge is 2.21. The lowest BCUT2D eigenvalue weighted by Gasteiger charge is -2.14. The maximum atomic E-state index is 10.3. The van der Waals surface area contributed by atoms with Crippen LogP contribution < -0.4 is 22.0 Å². The van der Waals surface area contributed by atoms with Crippen molar-refractivity contribution in [3.8, 4) is 17.1 Å². The summed E-state index contributed by atoms with van der Waals surface area (Å²) in [4.78, 5) is 24.8. The second kappa shape index (κ2) is 10.00. The molecule has 0 saturated heterocycles. The zero-order chi connectivity index (χ0) is 26.1. The largest absolute Gasteiger partial charge is 0.383 e. The van der Waals surface area contributed by atoms with Crippen LogP contribution in [0.3, 0.4) is 0 Å². The van der Waals surface area contributed by atoms with Gasteiger partial charge in [0.25, 0.3) is 5.91 Å². The van der Waals surface area contributed by atoms with Gasteiger partial charge in [-0.3, -0.25) is 9.36 Å². The monoisotopic (exact) mass is 524 g/mol. The number of nitrogen functional groups attached to an aromatic ring is 1. The van der Waals surface area contributed by atoms with Gasteiger partial charge in [-0.1, -0.05) is 6.07 Å². The average Bonchev–Trinajstić information content (AvgIpc) is 3.75. The van der Waals surface area contributed by atoms with E-state index >= 15 is 0 Å². The number of benzene rings is 1. The first-order valence-corrected chi connectivity index (χ1v) is 12.8. The second-order valence-electron chi connectivity index (χ2n) is 8.74. The summed E-state index contributed by atoms with van der Waals surface area (Å²) < 4.78 is 5.76. The number of primary amides is 1. The molecule has 5 heterocycles. The number of hydrogen-bond donors (Lipinski definition) is 3. The Labute approximate surface area is 222 Å². The Hall–Kier alpha value is -4.68. The minimum absolute atomic E-state index is 0.410. The molecule has 38 heavy (non-hydrogen) atoms. The SMILES string of the molecule is NC(=O)c1ccns1.Nc1ncccc1-c1nc2ccc(N3N=CCN3)nc2n1-c1ccc2c(c1)CCC2. The number of hydrazine groups is 1. The van der Waals surface area contributed by atoms with Crippen molar-refractivity contribution in [3.05, 3.63) is 76.9 Å². The van der Waals surface area contributed by atoms with Crippen LogP contribution in [0.2, 0.25) is 0 Å². The Morgan fingerprint density at radius 2 is 1.92 bits per heavy atom.